The summed E-state index contributed by atoms with van der Waals surface area (Å²) in [6.45, 7) is 2.60. The molecule has 0 spiro atoms. The van der Waals surface area contributed by atoms with Gasteiger partial charge in [-0.2, -0.15) is 0 Å². The molecule has 0 aliphatic heterocycles. The smallest absolute Gasteiger partial charge is 0.338 e. The van der Waals surface area contributed by atoms with Crippen molar-refractivity contribution in [3.05, 3.63) is 35.9 Å². The summed E-state index contributed by atoms with van der Waals surface area (Å²) in [5.74, 6) is -0.260. The number of rotatable bonds is 9. The largest absolute Gasteiger partial charge is 0.462 e. The van der Waals surface area contributed by atoms with Gasteiger partial charge < -0.3 is 9.47 Å². The zero-order valence-corrected chi connectivity index (χ0v) is 11.9. The van der Waals surface area contributed by atoms with E-state index < -0.39 is 0 Å². The monoisotopic (exact) mass is 264 g/mol. The van der Waals surface area contributed by atoms with Crippen molar-refractivity contribution in [2.45, 2.75) is 45.1 Å². The van der Waals surface area contributed by atoms with Crippen molar-refractivity contribution < 1.29 is 14.3 Å². The Morgan fingerprint density at radius 1 is 1.16 bits per heavy atom. The highest BCUT2D eigenvalue weighted by molar-refractivity contribution is 5.89. The van der Waals surface area contributed by atoms with Gasteiger partial charge in [0.25, 0.3) is 0 Å². The number of benzene rings is 1. The summed E-state index contributed by atoms with van der Waals surface area (Å²) >= 11 is 0. The first kappa shape index (κ1) is 15.7. The Bertz CT molecular complexity index is 348. The lowest BCUT2D eigenvalue weighted by atomic mass is 10.1. The first-order valence-corrected chi connectivity index (χ1v) is 7.03. The third-order valence-electron chi connectivity index (χ3n) is 3.15. The van der Waals surface area contributed by atoms with E-state index in [0.29, 0.717) is 12.2 Å². The highest BCUT2D eigenvalue weighted by Crippen LogP contribution is 2.10. The molecular weight excluding hydrogens is 240 g/mol. The number of carbonyl (C=O) groups excluding carboxylic acids is 1. The maximum atomic E-state index is 11.7. The van der Waals surface area contributed by atoms with Gasteiger partial charge in [0, 0.05) is 13.5 Å². The van der Waals surface area contributed by atoms with Crippen LogP contribution in [0.2, 0.25) is 0 Å². The van der Waals surface area contributed by atoms with Crippen LogP contribution in [0.15, 0.2) is 30.3 Å². The molecule has 1 rings (SSSR count). The van der Waals surface area contributed by atoms with Gasteiger partial charge in [0.2, 0.25) is 0 Å². The van der Waals surface area contributed by atoms with E-state index in [1.54, 1.807) is 19.2 Å². The molecule has 106 valence electrons. The van der Waals surface area contributed by atoms with E-state index in [4.69, 9.17) is 9.47 Å². The molecule has 0 N–H and O–H groups in total. The van der Waals surface area contributed by atoms with Crippen molar-refractivity contribution in [3.63, 3.8) is 0 Å². The van der Waals surface area contributed by atoms with Crippen LogP contribution < -0.4 is 0 Å². The maximum Gasteiger partial charge on any atom is 0.338 e. The second-order valence-corrected chi connectivity index (χ2v) is 4.64. The number of hydrogen-bond donors (Lipinski definition) is 0. The highest BCUT2D eigenvalue weighted by atomic mass is 16.5. The van der Waals surface area contributed by atoms with Crippen molar-refractivity contribution in [3.8, 4) is 0 Å². The Kier molecular flexibility index (Phi) is 7.91. The Morgan fingerprint density at radius 3 is 2.53 bits per heavy atom. The lowest BCUT2D eigenvalue weighted by molar-refractivity contribution is 0.0336. The molecule has 3 nitrogen and oxygen atoms in total. The van der Waals surface area contributed by atoms with Crippen LogP contribution in [0.4, 0.5) is 0 Å². The molecule has 0 saturated carbocycles. The quantitative estimate of drug-likeness (QED) is 0.502. The van der Waals surface area contributed by atoms with E-state index >= 15 is 0 Å². The van der Waals surface area contributed by atoms with Crippen LogP contribution in [-0.4, -0.2) is 25.8 Å². The standard InChI is InChI=1S/C16H24O3/c1-3-4-6-11-15(18-2)12-13-19-16(17)14-9-7-5-8-10-14/h5,7-10,15H,3-4,6,11-13H2,1-2H3. The fourth-order valence-electron chi connectivity index (χ4n) is 1.94. The van der Waals surface area contributed by atoms with Crippen LogP contribution in [0.1, 0.15) is 49.4 Å². The van der Waals surface area contributed by atoms with E-state index in [1.807, 2.05) is 18.2 Å². The van der Waals surface area contributed by atoms with E-state index in [1.165, 1.54) is 19.3 Å². The minimum atomic E-state index is -0.260. The predicted molar refractivity (Wildman–Crippen MR) is 76.3 cm³/mol. The summed E-state index contributed by atoms with van der Waals surface area (Å²) in [5.41, 5.74) is 0.599. The third kappa shape index (κ3) is 6.39. The molecule has 1 unspecified atom stereocenters. The first-order valence-electron chi connectivity index (χ1n) is 7.03. The summed E-state index contributed by atoms with van der Waals surface area (Å²) in [4.78, 5) is 11.7. The Balaban J connectivity index is 2.23. The van der Waals surface area contributed by atoms with Crippen molar-refractivity contribution in [2.24, 2.45) is 0 Å². The van der Waals surface area contributed by atoms with Gasteiger partial charge in [0.05, 0.1) is 18.3 Å². The van der Waals surface area contributed by atoms with Crippen LogP contribution >= 0.6 is 0 Å². The molecule has 1 aromatic carbocycles. The number of carbonyl (C=O) groups is 1. The molecule has 0 aliphatic rings. The minimum absolute atomic E-state index is 0.190. The molecule has 3 heteroatoms. The van der Waals surface area contributed by atoms with Crippen LogP contribution in [-0.2, 0) is 9.47 Å². The van der Waals surface area contributed by atoms with E-state index in [-0.39, 0.29) is 12.1 Å². The number of unbranched alkanes of at least 4 members (excludes halogenated alkanes) is 2. The number of hydrogen-bond acceptors (Lipinski definition) is 3. The van der Waals surface area contributed by atoms with Crippen molar-refractivity contribution in [1.82, 2.24) is 0 Å². The molecule has 0 saturated heterocycles. The number of ether oxygens (including phenoxy) is 2. The summed E-state index contributed by atoms with van der Waals surface area (Å²) in [7, 11) is 1.72. The average Bonchev–Trinajstić information content (AvgIpc) is 2.46. The van der Waals surface area contributed by atoms with Gasteiger partial charge in [-0.25, -0.2) is 4.79 Å². The summed E-state index contributed by atoms with van der Waals surface area (Å²) in [6, 6.07) is 9.07. The van der Waals surface area contributed by atoms with Crippen LogP contribution in [0.5, 0.6) is 0 Å². The van der Waals surface area contributed by atoms with Crippen LogP contribution in [0.3, 0.4) is 0 Å². The topological polar surface area (TPSA) is 35.5 Å². The van der Waals surface area contributed by atoms with Crippen molar-refractivity contribution >= 4 is 5.97 Å². The number of methoxy groups -OCH3 is 1. The molecule has 0 bridgehead atoms. The normalized spacial score (nSPS) is 12.1. The SMILES string of the molecule is CCCCCC(CCOC(=O)c1ccccc1)OC. The highest BCUT2D eigenvalue weighted by Gasteiger charge is 2.10. The Morgan fingerprint density at radius 2 is 1.89 bits per heavy atom. The summed E-state index contributed by atoms with van der Waals surface area (Å²) in [6.07, 6.45) is 5.59. The lowest BCUT2D eigenvalue weighted by Gasteiger charge is -2.15. The molecule has 0 amide bonds. The van der Waals surface area contributed by atoms with Gasteiger partial charge in [-0.15, -0.1) is 0 Å². The molecule has 0 aliphatic carbocycles. The summed E-state index contributed by atoms with van der Waals surface area (Å²) < 4.78 is 10.6. The molecule has 1 atom stereocenters. The summed E-state index contributed by atoms with van der Waals surface area (Å²) in [5, 5.41) is 0. The van der Waals surface area contributed by atoms with Crippen LogP contribution in [0.25, 0.3) is 0 Å². The van der Waals surface area contributed by atoms with Gasteiger partial charge in [0.15, 0.2) is 0 Å². The van der Waals surface area contributed by atoms with Crippen molar-refractivity contribution in [2.75, 3.05) is 13.7 Å². The van der Waals surface area contributed by atoms with E-state index in [9.17, 15) is 4.79 Å². The zero-order chi connectivity index (χ0) is 13.9. The lowest BCUT2D eigenvalue weighted by Crippen LogP contribution is -2.16. The fourth-order valence-corrected chi connectivity index (χ4v) is 1.94. The van der Waals surface area contributed by atoms with Crippen LogP contribution in [0, 0.1) is 0 Å². The number of esters is 1. The molecule has 1 aromatic rings. The van der Waals surface area contributed by atoms with Gasteiger partial charge >= 0.3 is 5.97 Å². The molecule has 19 heavy (non-hydrogen) atoms. The Hall–Kier alpha value is -1.35. The van der Waals surface area contributed by atoms with Crippen molar-refractivity contribution in [1.29, 1.82) is 0 Å². The minimum Gasteiger partial charge on any atom is -0.462 e. The van der Waals surface area contributed by atoms with E-state index in [2.05, 4.69) is 6.92 Å². The Labute approximate surface area is 115 Å². The second kappa shape index (κ2) is 9.56. The van der Waals surface area contributed by atoms with Gasteiger partial charge in [-0.3, -0.25) is 0 Å². The fraction of sp³-hybridized carbons (Fsp3) is 0.562. The average molecular weight is 264 g/mol. The third-order valence-corrected chi connectivity index (χ3v) is 3.15. The van der Waals surface area contributed by atoms with Gasteiger partial charge in [0.1, 0.15) is 0 Å². The molecule has 0 heterocycles. The predicted octanol–water partition coefficient (Wildman–Crippen LogP) is 3.83. The first-order chi connectivity index (χ1) is 9.27. The molecular formula is C16H24O3. The molecule has 0 aromatic heterocycles. The second-order valence-electron chi connectivity index (χ2n) is 4.64. The van der Waals surface area contributed by atoms with E-state index in [0.717, 1.165) is 12.8 Å². The van der Waals surface area contributed by atoms with Gasteiger partial charge in [-0.05, 0) is 18.6 Å². The van der Waals surface area contributed by atoms with Gasteiger partial charge in [-0.1, -0.05) is 44.4 Å². The zero-order valence-electron chi connectivity index (χ0n) is 11.9. The maximum absolute atomic E-state index is 11.7. The molecule has 0 radical (unpaired) electrons. The molecule has 0 fully saturated rings.